The Bertz CT molecular complexity index is 524. The lowest BCUT2D eigenvalue weighted by Crippen LogP contribution is -2.45. The van der Waals surface area contributed by atoms with Crippen molar-refractivity contribution in [3.05, 3.63) is 28.7 Å². The van der Waals surface area contributed by atoms with Gasteiger partial charge in [0.2, 0.25) is 11.8 Å². The van der Waals surface area contributed by atoms with E-state index in [1.807, 2.05) is 24.3 Å². The number of carbonyl (C=O) groups is 2. The zero-order valence-corrected chi connectivity index (χ0v) is 14.4. The van der Waals surface area contributed by atoms with Crippen molar-refractivity contribution in [3.8, 4) is 0 Å². The van der Waals surface area contributed by atoms with Gasteiger partial charge in [-0.25, -0.2) is 0 Å². The molecule has 1 N–H and O–H groups in total. The zero-order chi connectivity index (χ0) is 15.2. The van der Waals surface area contributed by atoms with Crippen LogP contribution in [0.15, 0.2) is 33.6 Å². The van der Waals surface area contributed by atoms with Gasteiger partial charge in [-0.3, -0.25) is 9.59 Å². The topological polar surface area (TPSA) is 49.4 Å². The Morgan fingerprint density at radius 1 is 1.43 bits per heavy atom. The number of hydrogen-bond donors (Lipinski definition) is 1. The fourth-order valence-corrected chi connectivity index (χ4v) is 3.96. The van der Waals surface area contributed by atoms with Gasteiger partial charge < -0.3 is 10.2 Å². The van der Waals surface area contributed by atoms with Crippen LogP contribution >= 0.6 is 27.7 Å². The van der Waals surface area contributed by atoms with Crippen molar-refractivity contribution >= 4 is 39.5 Å². The van der Waals surface area contributed by atoms with Crippen LogP contribution in [0, 0.1) is 0 Å². The minimum absolute atomic E-state index is 0.0562. The SMILES string of the molecule is CNC(=O)C1CCCN1C(=O)CCSc1ccccc1Br. The number of amides is 2. The van der Waals surface area contributed by atoms with Gasteiger partial charge in [-0.2, -0.15) is 0 Å². The highest BCUT2D eigenvalue weighted by Crippen LogP contribution is 2.28. The van der Waals surface area contributed by atoms with E-state index in [0.717, 1.165) is 28.0 Å². The summed E-state index contributed by atoms with van der Waals surface area (Å²) in [5.74, 6) is 0.734. The van der Waals surface area contributed by atoms with E-state index in [1.54, 1.807) is 23.7 Å². The van der Waals surface area contributed by atoms with Gasteiger partial charge in [0.15, 0.2) is 0 Å². The highest BCUT2D eigenvalue weighted by molar-refractivity contribution is 9.10. The third-order valence-corrected chi connectivity index (χ3v) is 5.56. The minimum Gasteiger partial charge on any atom is -0.357 e. The summed E-state index contributed by atoms with van der Waals surface area (Å²) in [6.45, 7) is 0.691. The van der Waals surface area contributed by atoms with Crippen LogP contribution in [0.1, 0.15) is 19.3 Å². The molecule has 0 radical (unpaired) electrons. The molecule has 0 spiro atoms. The maximum absolute atomic E-state index is 12.3. The van der Waals surface area contributed by atoms with Crippen LogP contribution in [0.4, 0.5) is 0 Å². The number of nitrogens with one attached hydrogen (secondary N) is 1. The second kappa shape index (κ2) is 7.84. The second-order valence-corrected chi connectivity index (χ2v) is 6.88. The van der Waals surface area contributed by atoms with Crippen LogP contribution in [0.2, 0.25) is 0 Å². The number of hydrogen-bond acceptors (Lipinski definition) is 3. The molecule has 1 aliphatic rings. The molecule has 0 bridgehead atoms. The first kappa shape index (κ1) is 16.4. The van der Waals surface area contributed by atoms with Crippen LogP contribution in [-0.4, -0.2) is 42.1 Å². The fourth-order valence-electron chi connectivity index (χ4n) is 2.46. The minimum atomic E-state index is -0.282. The van der Waals surface area contributed by atoms with E-state index in [1.165, 1.54) is 0 Å². The van der Waals surface area contributed by atoms with Gasteiger partial charge in [-0.05, 0) is 40.9 Å². The number of rotatable bonds is 5. The van der Waals surface area contributed by atoms with Gasteiger partial charge in [0, 0.05) is 35.1 Å². The molecular weight excluding hydrogens is 352 g/mol. The summed E-state index contributed by atoms with van der Waals surface area (Å²) >= 11 is 5.15. The van der Waals surface area contributed by atoms with Gasteiger partial charge in [0.05, 0.1) is 0 Å². The molecule has 1 heterocycles. The van der Waals surface area contributed by atoms with Crippen LogP contribution in [0.25, 0.3) is 0 Å². The molecule has 0 saturated carbocycles. The molecule has 2 rings (SSSR count). The molecular formula is C15H19BrN2O2S. The van der Waals surface area contributed by atoms with Gasteiger partial charge in [0.25, 0.3) is 0 Å². The predicted octanol–water partition coefficient (Wildman–Crippen LogP) is 2.67. The van der Waals surface area contributed by atoms with Gasteiger partial charge in [-0.15, -0.1) is 11.8 Å². The molecule has 1 aromatic carbocycles. The number of nitrogens with zero attached hydrogens (tertiary/aromatic N) is 1. The first-order valence-corrected chi connectivity index (χ1v) is 8.79. The summed E-state index contributed by atoms with van der Waals surface area (Å²) in [6, 6.07) is 7.69. The Labute approximate surface area is 137 Å². The molecule has 1 unspecified atom stereocenters. The largest absolute Gasteiger partial charge is 0.357 e. The molecule has 1 atom stereocenters. The van der Waals surface area contributed by atoms with Crippen molar-refractivity contribution in [3.63, 3.8) is 0 Å². The summed E-state index contributed by atoms with van der Waals surface area (Å²) in [5, 5.41) is 2.64. The molecule has 114 valence electrons. The summed E-state index contributed by atoms with van der Waals surface area (Å²) < 4.78 is 1.05. The zero-order valence-electron chi connectivity index (χ0n) is 12.0. The van der Waals surface area contributed by atoms with E-state index in [2.05, 4.69) is 21.2 Å². The third kappa shape index (κ3) is 4.23. The molecule has 2 amide bonds. The van der Waals surface area contributed by atoms with Gasteiger partial charge in [-0.1, -0.05) is 12.1 Å². The van der Waals surface area contributed by atoms with E-state index in [0.29, 0.717) is 13.0 Å². The first-order chi connectivity index (χ1) is 10.1. The monoisotopic (exact) mass is 370 g/mol. The van der Waals surface area contributed by atoms with Crippen molar-refractivity contribution in [1.29, 1.82) is 0 Å². The highest BCUT2D eigenvalue weighted by Gasteiger charge is 2.32. The van der Waals surface area contributed by atoms with E-state index in [-0.39, 0.29) is 17.9 Å². The molecule has 0 aliphatic carbocycles. The van der Waals surface area contributed by atoms with E-state index in [4.69, 9.17) is 0 Å². The quantitative estimate of drug-likeness (QED) is 0.810. The summed E-state index contributed by atoms with van der Waals surface area (Å²) in [4.78, 5) is 26.9. The summed E-state index contributed by atoms with van der Waals surface area (Å²) in [5.41, 5.74) is 0. The van der Waals surface area contributed by atoms with Crippen molar-refractivity contribution in [2.45, 2.75) is 30.2 Å². The molecule has 0 aromatic heterocycles. The lowest BCUT2D eigenvalue weighted by atomic mass is 10.2. The Morgan fingerprint density at radius 3 is 2.90 bits per heavy atom. The van der Waals surface area contributed by atoms with E-state index in [9.17, 15) is 9.59 Å². The second-order valence-electron chi connectivity index (χ2n) is 4.89. The van der Waals surface area contributed by atoms with E-state index < -0.39 is 0 Å². The van der Waals surface area contributed by atoms with E-state index >= 15 is 0 Å². The van der Waals surface area contributed by atoms with Crippen LogP contribution in [0.5, 0.6) is 0 Å². The Morgan fingerprint density at radius 2 is 2.19 bits per heavy atom. The molecule has 1 aromatic rings. The highest BCUT2D eigenvalue weighted by atomic mass is 79.9. The number of benzene rings is 1. The molecule has 1 fully saturated rings. The summed E-state index contributed by atoms with van der Waals surface area (Å²) in [7, 11) is 1.62. The molecule has 1 aliphatic heterocycles. The smallest absolute Gasteiger partial charge is 0.242 e. The Balaban J connectivity index is 1.84. The van der Waals surface area contributed by atoms with Crippen molar-refractivity contribution < 1.29 is 9.59 Å². The summed E-state index contributed by atoms with van der Waals surface area (Å²) in [6.07, 6.45) is 2.13. The number of halogens is 1. The lowest BCUT2D eigenvalue weighted by molar-refractivity contribution is -0.137. The van der Waals surface area contributed by atoms with Crippen LogP contribution < -0.4 is 5.32 Å². The molecule has 1 saturated heterocycles. The Kier molecular flexibility index (Phi) is 6.11. The fraction of sp³-hybridized carbons (Fsp3) is 0.467. The van der Waals surface area contributed by atoms with Crippen molar-refractivity contribution in [2.75, 3.05) is 19.3 Å². The number of likely N-dealkylation sites (tertiary alicyclic amines) is 1. The van der Waals surface area contributed by atoms with Gasteiger partial charge in [0.1, 0.15) is 6.04 Å². The molecule has 21 heavy (non-hydrogen) atoms. The average molecular weight is 371 g/mol. The van der Waals surface area contributed by atoms with Crippen LogP contribution in [0.3, 0.4) is 0 Å². The predicted molar refractivity (Wildman–Crippen MR) is 88.3 cm³/mol. The Hall–Kier alpha value is -1.01. The number of likely N-dealkylation sites (N-methyl/N-ethyl adjacent to an activating group) is 1. The normalized spacial score (nSPS) is 17.8. The van der Waals surface area contributed by atoms with Gasteiger partial charge >= 0.3 is 0 Å². The average Bonchev–Trinajstić information content (AvgIpc) is 2.98. The standard InChI is InChI=1S/C15H19BrN2O2S/c1-17-15(20)12-6-4-9-18(12)14(19)8-10-21-13-7-3-2-5-11(13)16/h2-3,5,7,12H,4,6,8-10H2,1H3,(H,17,20). The first-order valence-electron chi connectivity index (χ1n) is 7.02. The number of carbonyl (C=O) groups excluding carboxylic acids is 2. The molecule has 6 heteroatoms. The maximum atomic E-state index is 12.3. The van der Waals surface area contributed by atoms with Crippen LogP contribution in [-0.2, 0) is 9.59 Å². The van der Waals surface area contributed by atoms with Crippen molar-refractivity contribution in [1.82, 2.24) is 10.2 Å². The molecule has 4 nitrogen and oxygen atoms in total. The lowest BCUT2D eigenvalue weighted by Gasteiger charge is -2.23. The third-order valence-electron chi connectivity index (χ3n) is 3.53. The van der Waals surface area contributed by atoms with Crippen molar-refractivity contribution in [2.24, 2.45) is 0 Å². The maximum Gasteiger partial charge on any atom is 0.242 e. The number of thioether (sulfide) groups is 1.